The zero-order chi connectivity index (χ0) is 13.0. The molecule has 0 atom stereocenters. The van der Waals surface area contributed by atoms with E-state index in [4.69, 9.17) is 4.74 Å². The van der Waals surface area contributed by atoms with Gasteiger partial charge in [-0.15, -0.1) is 12.6 Å². The maximum atomic E-state index is 12.1. The minimum absolute atomic E-state index is 0.0791. The van der Waals surface area contributed by atoms with Crippen molar-refractivity contribution < 1.29 is 9.53 Å². The van der Waals surface area contributed by atoms with E-state index in [-0.39, 0.29) is 12.1 Å². The van der Waals surface area contributed by atoms with Crippen LogP contribution in [0.3, 0.4) is 0 Å². The van der Waals surface area contributed by atoms with Gasteiger partial charge in [-0.1, -0.05) is 12.8 Å². The van der Waals surface area contributed by atoms with Gasteiger partial charge in [0.05, 0.1) is 5.56 Å². The van der Waals surface area contributed by atoms with Crippen molar-refractivity contribution in [2.24, 2.45) is 0 Å². The Morgan fingerprint density at radius 3 is 2.56 bits per heavy atom. The quantitative estimate of drug-likeness (QED) is 0.487. The number of halogens is 1. The van der Waals surface area contributed by atoms with Crippen LogP contribution in [-0.2, 0) is 4.74 Å². The van der Waals surface area contributed by atoms with Crippen LogP contribution in [0, 0.1) is 0 Å². The SMILES string of the molecule is O=C(OC1CCCCCC1)c1cc(S)ccc1Br. The molecule has 0 radical (unpaired) electrons. The van der Waals surface area contributed by atoms with Crippen molar-refractivity contribution >= 4 is 34.5 Å². The lowest BCUT2D eigenvalue weighted by atomic mass is 10.1. The molecule has 1 aromatic carbocycles. The third kappa shape index (κ3) is 3.75. The summed E-state index contributed by atoms with van der Waals surface area (Å²) < 4.78 is 6.35. The zero-order valence-electron chi connectivity index (χ0n) is 10.2. The van der Waals surface area contributed by atoms with Crippen molar-refractivity contribution in [2.45, 2.75) is 49.5 Å². The van der Waals surface area contributed by atoms with Crippen LogP contribution < -0.4 is 0 Å². The number of thiol groups is 1. The number of esters is 1. The lowest BCUT2D eigenvalue weighted by Crippen LogP contribution is -2.17. The summed E-state index contributed by atoms with van der Waals surface area (Å²) in [4.78, 5) is 12.9. The molecule has 1 aliphatic rings. The van der Waals surface area contributed by atoms with Crippen LogP contribution in [0.5, 0.6) is 0 Å². The van der Waals surface area contributed by atoms with Gasteiger partial charge in [-0.05, 0) is 59.8 Å². The fourth-order valence-electron chi connectivity index (χ4n) is 2.24. The maximum absolute atomic E-state index is 12.1. The van der Waals surface area contributed by atoms with Crippen LogP contribution in [0.25, 0.3) is 0 Å². The standard InChI is InChI=1S/C14H17BrO2S/c15-13-8-7-11(18)9-12(13)14(16)17-10-5-3-1-2-4-6-10/h7-10,18H,1-6H2. The smallest absolute Gasteiger partial charge is 0.339 e. The first-order valence-electron chi connectivity index (χ1n) is 6.36. The largest absolute Gasteiger partial charge is 0.459 e. The second-order valence-electron chi connectivity index (χ2n) is 4.68. The Hall–Kier alpha value is -0.480. The van der Waals surface area contributed by atoms with Crippen molar-refractivity contribution in [2.75, 3.05) is 0 Å². The van der Waals surface area contributed by atoms with Crippen molar-refractivity contribution in [3.8, 4) is 0 Å². The molecule has 0 spiro atoms. The number of ether oxygens (including phenoxy) is 1. The van der Waals surface area contributed by atoms with E-state index in [9.17, 15) is 4.79 Å². The highest BCUT2D eigenvalue weighted by molar-refractivity contribution is 9.10. The molecule has 2 nitrogen and oxygen atoms in total. The molecule has 0 N–H and O–H groups in total. The summed E-state index contributed by atoms with van der Waals surface area (Å²) in [6.45, 7) is 0. The van der Waals surface area contributed by atoms with Gasteiger partial charge in [0.1, 0.15) is 6.10 Å². The van der Waals surface area contributed by atoms with Gasteiger partial charge in [-0.3, -0.25) is 0 Å². The molecular weight excluding hydrogens is 312 g/mol. The first-order valence-corrected chi connectivity index (χ1v) is 7.60. The molecule has 4 heteroatoms. The first kappa shape index (κ1) is 13.9. The predicted octanol–water partition coefficient (Wildman–Crippen LogP) is 4.62. The number of hydrogen-bond acceptors (Lipinski definition) is 3. The molecule has 98 valence electrons. The molecule has 0 unspecified atom stereocenters. The molecule has 1 saturated carbocycles. The van der Waals surface area contributed by atoms with Crippen LogP contribution in [0.2, 0.25) is 0 Å². The van der Waals surface area contributed by atoms with E-state index in [1.54, 1.807) is 6.07 Å². The number of carbonyl (C=O) groups is 1. The summed E-state index contributed by atoms with van der Waals surface area (Å²) in [5.41, 5.74) is 0.562. The molecule has 0 aromatic heterocycles. The van der Waals surface area contributed by atoms with Crippen LogP contribution in [0.4, 0.5) is 0 Å². The van der Waals surface area contributed by atoms with Crippen LogP contribution in [0.15, 0.2) is 27.6 Å². The molecule has 1 aromatic rings. The molecule has 0 amide bonds. The summed E-state index contributed by atoms with van der Waals surface area (Å²) in [5, 5.41) is 0. The average molecular weight is 329 g/mol. The summed E-state index contributed by atoms with van der Waals surface area (Å²) in [6.07, 6.45) is 6.88. The topological polar surface area (TPSA) is 26.3 Å². The molecule has 0 bridgehead atoms. The van der Waals surface area contributed by atoms with Crippen molar-refractivity contribution in [1.29, 1.82) is 0 Å². The van der Waals surface area contributed by atoms with Gasteiger partial charge < -0.3 is 4.74 Å². The molecule has 2 rings (SSSR count). The van der Waals surface area contributed by atoms with Crippen LogP contribution >= 0.6 is 28.6 Å². The van der Waals surface area contributed by atoms with E-state index in [1.807, 2.05) is 12.1 Å². The Labute approximate surface area is 122 Å². The summed E-state index contributed by atoms with van der Waals surface area (Å²) in [5.74, 6) is -0.246. The van der Waals surface area contributed by atoms with Gasteiger partial charge in [-0.2, -0.15) is 0 Å². The minimum Gasteiger partial charge on any atom is -0.459 e. The number of rotatable bonds is 2. The highest BCUT2D eigenvalue weighted by Gasteiger charge is 2.19. The van der Waals surface area contributed by atoms with Gasteiger partial charge in [0.25, 0.3) is 0 Å². The third-order valence-electron chi connectivity index (χ3n) is 3.25. The van der Waals surface area contributed by atoms with E-state index in [2.05, 4.69) is 28.6 Å². The zero-order valence-corrected chi connectivity index (χ0v) is 12.7. The Morgan fingerprint density at radius 2 is 1.89 bits per heavy atom. The Bertz CT molecular complexity index is 426. The first-order chi connectivity index (χ1) is 8.66. The minimum atomic E-state index is -0.246. The Balaban J connectivity index is 2.04. The average Bonchev–Trinajstić information content (AvgIpc) is 2.61. The van der Waals surface area contributed by atoms with Gasteiger partial charge in [-0.25, -0.2) is 4.79 Å². The Kier molecular flexibility index (Phi) is 5.13. The molecule has 18 heavy (non-hydrogen) atoms. The summed E-state index contributed by atoms with van der Waals surface area (Å²) >= 11 is 7.63. The summed E-state index contributed by atoms with van der Waals surface area (Å²) in [7, 11) is 0. The molecule has 1 aliphatic carbocycles. The van der Waals surface area contributed by atoms with Gasteiger partial charge >= 0.3 is 5.97 Å². The predicted molar refractivity (Wildman–Crippen MR) is 78.3 cm³/mol. The summed E-state index contributed by atoms with van der Waals surface area (Å²) in [6, 6.07) is 5.41. The second kappa shape index (κ2) is 6.62. The van der Waals surface area contributed by atoms with E-state index in [1.165, 1.54) is 12.8 Å². The fraction of sp³-hybridized carbons (Fsp3) is 0.500. The normalized spacial score (nSPS) is 17.2. The highest BCUT2D eigenvalue weighted by atomic mass is 79.9. The fourth-order valence-corrected chi connectivity index (χ4v) is 2.86. The highest BCUT2D eigenvalue weighted by Crippen LogP contribution is 2.24. The maximum Gasteiger partial charge on any atom is 0.339 e. The van der Waals surface area contributed by atoms with Crippen molar-refractivity contribution in [3.63, 3.8) is 0 Å². The molecule has 0 aliphatic heterocycles. The molecule has 0 heterocycles. The Morgan fingerprint density at radius 1 is 1.22 bits per heavy atom. The van der Waals surface area contributed by atoms with E-state index < -0.39 is 0 Å². The third-order valence-corrected chi connectivity index (χ3v) is 4.22. The number of carbonyl (C=O) groups excluding carboxylic acids is 1. The van der Waals surface area contributed by atoms with Crippen LogP contribution in [0.1, 0.15) is 48.9 Å². The van der Waals surface area contributed by atoms with E-state index in [0.717, 1.165) is 35.1 Å². The van der Waals surface area contributed by atoms with Gasteiger partial charge in [0.15, 0.2) is 0 Å². The molecular formula is C14H17BrO2S. The lowest BCUT2D eigenvalue weighted by Gasteiger charge is -2.16. The number of benzene rings is 1. The van der Waals surface area contributed by atoms with Crippen molar-refractivity contribution in [3.05, 3.63) is 28.2 Å². The van der Waals surface area contributed by atoms with Crippen LogP contribution in [-0.4, -0.2) is 12.1 Å². The van der Waals surface area contributed by atoms with E-state index in [0.29, 0.717) is 5.56 Å². The van der Waals surface area contributed by atoms with Crippen molar-refractivity contribution in [1.82, 2.24) is 0 Å². The van der Waals surface area contributed by atoms with Gasteiger partial charge in [0.2, 0.25) is 0 Å². The number of hydrogen-bond donors (Lipinski definition) is 1. The second-order valence-corrected chi connectivity index (χ2v) is 6.05. The van der Waals surface area contributed by atoms with E-state index >= 15 is 0 Å². The molecule has 0 saturated heterocycles. The van der Waals surface area contributed by atoms with Gasteiger partial charge in [0, 0.05) is 9.37 Å². The molecule has 1 fully saturated rings. The lowest BCUT2D eigenvalue weighted by molar-refractivity contribution is 0.0266. The monoisotopic (exact) mass is 328 g/mol.